The number of likely N-dealkylation sites (N-methyl/N-ethyl adjacent to an activating group) is 2. The lowest BCUT2D eigenvalue weighted by Crippen LogP contribution is -2.47. The highest BCUT2D eigenvalue weighted by Crippen LogP contribution is 2.29. The van der Waals surface area contributed by atoms with Gasteiger partial charge in [-0.2, -0.15) is 0 Å². The van der Waals surface area contributed by atoms with Gasteiger partial charge in [0, 0.05) is 13.1 Å². The highest BCUT2D eigenvalue weighted by atomic mass is 19.1. The van der Waals surface area contributed by atoms with Gasteiger partial charge in [0.05, 0.1) is 18.8 Å². The van der Waals surface area contributed by atoms with Gasteiger partial charge in [-0.3, -0.25) is 4.90 Å². The minimum absolute atomic E-state index is 0.0656. The van der Waals surface area contributed by atoms with Crippen molar-refractivity contribution in [2.45, 2.75) is 19.1 Å². The van der Waals surface area contributed by atoms with Gasteiger partial charge in [-0.25, -0.2) is 4.39 Å². The Bertz CT molecular complexity index is 409. The second kappa shape index (κ2) is 5.78. The van der Waals surface area contributed by atoms with E-state index in [1.165, 1.54) is 0 Å². The molecule has 4 heteroatoms. The number of ether oxygens (including phenoxy) is 1. The van der Waals surface area contributed by atoms with Crippen LogP contribution in [0.1, 0.15) is 17.2 Å². The summed E-state index contributed by atoms with van der Waals surface area (Å²) < 4.78 is 19.5. The van der Waals surface area contributed by atoms with Crippen LogP contribution in [0.15, 0.2) is 18.2 Å². The molecule has 100 valence electrons. The highest BCUT2D eigenvalue weighted by molar-refractivity contribution is 5.27. The Balaban J connectivity index is 2.28. The van der Waals surface area contributed by atoms with Crippen LogP contribution in [0.3, 0.4) is 0 Å². The van der Waals surface area contributed by atoms with Crippen molar-refractivity contribution >= 4 is 0 Å². The number of nitrogens with one attached hydrogen (secondary N) is 1. The number of hydrogen-bond donors (Lipinski definition) is 1. The molecule has 1 aromatic carbocycles. The molecule has 0 spiro atoms. The number of nitrogens with zero attached hydrogens (tertiary/aromatic N) is 1. The molecule has 2 rings (SSSR count). The lowest BCUT2D eigenvalue weighted by molar-refractivity contribution is -0.0607. The van der Waals surface area contributed by atoms with Crippen LogP contribution < -0.4 is 5.32 Å². The van der Waals surface area contributed by atoms with E-state index >= 15 is 0 Å². The molecule has 0 aromatic heterocycles. The average Bonchev–Trinajstić information content (AvgIpc) is 2.34. The SMILES string of the molecule is CNCC1OCCN(C)C1c1ccc(C)c(F)c1. The quantitative estimate of drug-likeness (QED) is 0.886. The first-order chi connectivity index (χ1) is 8.63. The van der Waals surface area contributed by atoms with Gasteiger partial charge >= 0.3 is 0 Å². The third-order valence-electron chi connectivity index (χ3n) is 3.55. The number of aryl methyl sites for hydroxylation is 1. The Hall–Kier alpha value is -0.970. The van der Waals surface area contributed by atoms with Crippen molar-refractivity contribution < 1.29 is 9.13 Å². The maximum atomic E-state index is 13.7. The fourth-order valence-electron chi connectivity index (χ4n) is 2.50. The number of halogens is 1. The normalized spacial score (nSPS) is 25.3. The molecule has 1 heterocycles. The average molecular weight is 252 g/mol. The number of benzene rings is 1. The van der Waals surface area contributed by atoms with Crippen molar-refractivity contribution in [2.75, 3.05) is 33.8 Å². The first kappa shape index (κ1) is 13.5. The summed E-state index contributed by atoms with van der Waals surface area (Å²) in [5.74, 6) is -0.144. The van der Waals surface area contributed by atoms with E-state index in [-0.39, 0.29) is 18.0 Å². The van der Waals surface area contributed by atoms with Crippen molar-refractivity contribution in [3.8, 4) is 0 Å². The molecule has 0 bridgehead atoms. The predicted molar refractivity (Wildman–Crippen MR) is 70.2 cm³/mol. The summed E-state index contributed by atoms with van der Waals surface area (Å²) in [7, 11) is 3.97. The summed E-state index contributed by atoms with van der Waals surface area (Å²) in [6, 6.07) is 5.58. The van der Waals surface area contributed by atoms with E-state index in [0.29, 0.717) is 5.56 Å². The molecule has 18 heavy (non-hydrogen) atoms. The zero-order valence-corrected chi connectivity index (χ0v) is 11.2. The molecule has 1 aromatic rings. The summed E-state index contributed by atoms with van der Waals surface area (Å²) in [6.45, 7) is 4.16. The second-order valence-corrected chi connectivity index (χ2v) is 4.90. The van der Waals surface area contributed by atoms with Gasteiger partial charge in [0.1, 0.15) is 5.82 Å². The fourth-order valence-corrected chi connectivity index (χ4v) is 2.50. The third-order valence-corrected chi connectivity index (χ3v) is 3.55. The van der Waals surface area contributed by atoms with Gasteiger partial charge in [0.25, 0.3) is 0 Å². The van der Waals surface area contributed by atoms with Gasteiger partial charge in [-0.05, 0) is 38.2 Å². The molecule has 0 aliphatic carbocycles. The minimum Gasteiger partial charge on any atom is -0.374 e. The van der Waals surface area contributed by atoms with E-state index in [0.717, 1.165) is 25.3 Å². The van der Waals surface area contributed by atoms with Crippen molar-refractivity contribution in [1.82, 2.24) is 10.2 Å². The summed E-state index contributed by atoms with van der Waals surface area (Å²) in [4.78, 5) is 2.23. The molecule has 0 saturated carbocycles. The van der Waals surface area contributed by atoms with Gasteiger partial charge in [0.15, 0.2) is 0 Å². The van der Waals surface area contributed by atoms with Crippen LogP contribution in [0.5, 0.6) is 0 Å². The summed E-state index contributed by atoms with van der Waals surface area (Å²) in [6.07, 6.45) is 0.0656. The van der Waals surface area contributed by atoms with Crippen molar-refractivity contribution in [2.24, 2.45) is 0 Å². The van der Waals surface area contributed by atoms with Gasteiger partial charge in [-0.1, -0.05) is 12.1 Å². The van der Waals surface area contributed by atoms with E-state index in [1.807, 2.05) is 19.2 Å². The Kier molecular flexibility index (Phi) is 4.32. The van der Waals surface area contributed by atoms with Crippen LogP contribution >= 0.6 is 0 Å². The largest absolute Gasteiger partial charge is 0.374 e. The van der Waals surface area contributed by atoms with Gasteiger partial charge in [0.2, 0.25) is 0 Å². The summed E-state index contributed by atoms with van der Waals surface area (Å²) in [5.41, 5.74) is 1.67. The predicted octanol–water partition coefficient (Wildman–Crippen LogP) is 1.73. The maximum Gasteiger partial charge on any atom is 0.126 e. The zero-order chi connectivity index (χ0) is 13.1. The zero-order valence-electron chi connectivity index (χ0n) is 11.2. The number of morpholine rings is 1. The Morgan fingerprint density at radius 3 is 2.94 bits per heavy atom. The minimum atomic E-state index is -0.144. The molecule has 2 atom stereocenters. The third kappa shape index (κ3) is 2.71. The molecule has 1 aliphatic heterocycles. The highest BCUT2D eigenvalue weighted by Gasteiger charge is 2.31. The molecule has 3 nitrogen and oxygen atoms in total. The number of hydrogen-bond acceptors (Lipinski definition) is 3. The molecular formula is C14H21FN2O. The van der Waals surface area contributed by atoms with E-state index in [1.54, 1.807) is 13.0 Å². The molecule has 1 aliphatic rings. The Labute approximate surface area is 108 Å². The van der Waals surface area contributed by atoms with E-state index in [4.69, 9.17) is 4.74 Å². The van der Waals surface area contributed by atoms with Gasteiger partial charge in [-0.15, -0.1) is 0 Å². The van der Waals surface area contributed by atoms with Crippen molar-refractivity contribution in [3.63, 3.8) is 0 Å². The van der Waals surface area contributed by atoms with Gasteiger partial charge < -0.3 is 10.1 Å². The van der Waals surface area contributed by atoms with Crippen molar-refractivity contribution in [1.29, 1.82) is 0 Å². The molecular weight excluding hydrogens is 231 g/mol. The monoisotopic (exact) mass is 252 g/mol. The van der Waals surface area contributed by atoms with Crippen LogP contribution in [0.25, 0.3) is 0 Å². The first-order valence-corrected chi connectivity index (χ1v) is 6.36. The Morgan fingerprint density at radius 1 is 1.50 bits per heavy atom. The lowest BCUT2D eigenvalue weighted by atomic mass is 9.97. The molecule has 0 amide bonds. The molecule has 0 radical (unpaired) electrons. The lowest BCUT2D eigenvalue weighted by Gasteiger charge is -2.39. The van der Waals surface area contributed by atoms with Crippen LogP contribution in [0.4, 0.5) is 4.39 Å². The Morgan fingerprint density at radius 2 is 2.28 bits per heavy atom. The molecule has 1 saturated heterocycles. The van der Waals surface area contributed by atoms with E-state index in [2.05, 4.69) is 17.3 Å². The summed E-state index contributed by atoms with van der Waals surface area (Å²) in [5, 5.41) is 3.14. The maximum absolute atomic E-state index is 13.7. The second-order valence-electron chi connectivity index (χ2n) is 4.90. The van der Waals surface area contributed by atoms with Crippen LogP contribution in [-0.4, -0.2) is 44.8 Å². The molecule has 1 fully saturated rings. The first-order valence-electron chi connectivity index (χ1n) is 6.36. The molecule has 2 unspecified atom stereocenters. The van der Waals surface area contributed by atoms with E-state index in [9.17, 15) is 4.39 Å². The topological polar surface area (TPSA) is 24.5 Å². The van der Waals surface area contributed by atoms with Crippen LogP contribution in [0.2, 0.25) is 0 Å². The standard InChI is InChI=1S/C14H21FN2O/c1-10-4-5-11(8-12(10)15)14-13(9-16-2)18-7-6-17(14)3/h4-5,8,13-14,16H,6-7,9H2,1-3H3. The smallest absolute Gasteiger partial charge is 0.126 e. The van der Waals surface area contributed by atoms with E-state index < -0.39 is 0 Å². The summed E-state index contributed by atoms with van der Waals surface area (Å²) >= 11 is 0. The molecule has 1 N–H and O–H groups in total. The van der Waals surface area contributed by atoms with Crippen LogP contribution in [-0.2, 0) is 4.74 Å². The van der Waals surface area contributed by atoms with Crippen LogP contribution in [0, 0.1) is 12.7 Å². The number of rotatable bonds is 3. The fraction of sp³-hybridized carbons (Fsp3) is 0.571. The van der Waals surface area contributed by atoms with Crippen molar-refractivity contribution in [3.05, 3.63) is 35.1 Å².